The van der Waals surface area contributed by atoms with Crippen molar-refractivity contribution < 1.29 is 0 Å². The van der Waals surface area contributed by atoms with Crippen molar-refractivity contribution in [3.8, 4) is 0 Å². The van der Waals surface area contributed by atoms with Crippen molar-refractivity contribution >= 4 is 21.6 Å². The summed E-state index contributed by atoms with van der Waals surface area (Å²) in [5.74, 6) is 0. The molecule has 0 saturated heterocycles. The molecule has 0 spiro atoms. The van der Waals surface area contributed by atoms with E-state index in [0.29, 0.717) is 0 Å². The second-order valence-corrected chi connectivity index (χ2v) is 5.50. The summed E-state index contributed by atoms with van der Waals surface area (Å²) < 4.78 is 6.01. The number of benzene rings is 1. The van der Waals surface area contributed by atoms with Gasteiger partial charge in [0.25, 0.3) is 0 Å². The minimum Gasteiger partial charge on any atom is -0.196 e. The maximum absolute atomic E-state index is 4.70. The first-order chi connectivity index (χ1) is 7.71. The molecule has 2 aromatic rings. The third-order valence-corrected chi connectivity index (χ3v) is 4.36. The van der Waals surface area contributed by atoms with Crippen LogP contribution >= 0.6 is 11.5 Å². The number of nitrogens with zero attached hydrogens (tertiary/aromatic N) is 1. The highest BCUT2D eigenvalue weighted by Crippen LogP contribution is 2.37. The van der Waals surface area contributed by atoms with E-state index in [1.807, 2.05) is 0 Å². The van der Waals surface area contributed by atoms with Crippen LogP contribution < -0.4 is 0 Å². The van der Waals surface area contributed by atoms with Crippen LogP contribution in [0.3, 0.4) is 0 Å². The summed E-state index contributed by atoms with van der Waals surface area (Å²) in [4.78, 5) is 0. The Balaban J connectivity index is 2.53. The topological polar surface area (TPSA) is 12.9 Å². The lowest BCUT2D eigenvalue weighted by atomic mass is 9.78. The molecule has 2 rings (SSSR count). The molecule has 1 aromatic heterocycles. The Morgan fingerprint density at radius 1 is 1.25 bits per heavy atom. The average molecular weight is 233 g/mol. The fourth-order valence-corrected chi connectivity index (χ4v) is 3.25. The summed E-state index contributed by atoms with van der Waals surface area (Å²) in [6.45, 7) is 6.87. The third-order valence-electron chi connectivity index (χ3n) is 3.53. The van der Waals surface area contributed by atoms with Crippen LogP contribution in [0.2, 0.25) is 0 Å². The molecular weight excluding hydrogens is 214 g/mol. The van der Waals surface area contributed by atoms with E-state index in [4.69, 9.17) is 4.37 Å². The van der Waals surface area contributed by atoms with Crippen molar-refractivity contribution in [3.05, 3.63) is 30.0 Å². The Morgan fingerprint density at radius 3 is 2.69 bits per heavy atom. The summed E-state index contributed by atoms with van der Waals surface area (Å²) >= 11 is 1.63. The lowest BCUT2D eigenvalue weighted by Gasteiger charge is -2.26. The lowest BCUT2D eigenvalue weighted by Crippen LogP contribution is -2.21. The van der Waals surface area contributed by atoms with Crippen molar-refractivity contribution in [1.29, 1.82) is 0 Å². The van der Waals surface area contributed by atoms with Crippen molar-refractivity contribution in [2.45, 2.75) is 45.4 Å². The number of aromatic nitrogens is 1. The Labute approximate surface area is 102 Å². The van der Waals surface area contributed by atoms with Gasteiger partial charge in [0, 0.05) is 10.8 Å². The van der Waals surface area contributed by atoms with Gasteiger partial charge in [-0.3, -0.25) is 0 Å². The number of rotatable bonds is 4. The molecular formula is C14H19NS. The molecule has 0 amide bonds. The minimum absolute atomic E-state index is 0.244. The lowest BCUT2D eigenvalue weighted by molar-refractivity contribution is 0.409. The molecule has 1 nitrogen and oxygen atoms in total. The van der Waals surface area contributed by atoms with E-state index >= 15 is 0 Å². The van der Waals surface area contributed by atoms with E-state index in [-0.39, 0.29) is 5.41 Å². The Kier molecular flexibility index (Phi) is 3.29. The smallest absolute Gasteiger partial charge is 0.0679 e. The van der Waals surface area contributed by atoms with Crippen molar-refractivity contribution in [2.24, 2.45) is 0 Å². The van der Waals surface area contributed by atoms with Crippen LogP contribution in [0.1, 0.15) is 45.7 Å². The van der Waals surface area contributed by atoms with Gasteiger partial charge in [0.2, 0.25) is 0 Å². The SMILES string of the molecule is CCCC(C)(CC)c1nsc2ccccc12. The first-order valence-corrected chi connectivity index (χ1v) is 6.83. The zero-order valence-corrected chi connectivity index (χ0v) is 11.1. The fraction of sp³-hybridized carbons (Fsp3) is 0.500. The maximum Gasteiger partial charge on any atom is 0.0679 e. The van der Waals surface area contributed by atoms with Gasteiger partial charge in [-0.05, 0) is 30.4 Å². The predicted molar refractivity (Wildman–Crippen MR) is 72.2 cm³/mol. The molecule has 0 aliphatic carbocycles. The standard InChI is InChI=1S/C14H19NS/c1-4-10-14(3,5-2)13-11-8-6-7-9-12(11)16-15-13/h6-9H,4-5,10H2,1-3H3. The van der Waals surface area contributed by atoms with Gasteiger partial charge in [0.15, 0.2) is 0 Å². The van der Waals surface area contributed by atoms with E-state index < -0.39 is 0 Å². The normalized spacial score (nSPS) is 15.2. The molecule has 0 fully saturated rings. The van der Waals surface area contributed by atoms with Gasteiger partial charge in [0.1, 0.15) is 0 Å². The third kappa shape index (κ3) is 1.86. The van der Waals surface area contributed by atoms with Crippen LogP contribution in [-0.4, -0.2) is 4.37 Å². The molecule has 0 radical (unpaired) electrons. The summed E-state index contributed by atoms with van der Waals surface area (Å²) in [6.07, 6.45) is 3.60. The molecule has 2 heteroatoms. The van der Waals surface area contributed by atoms with Crippen molar-refractivity contribution in [2.75, 3.05) is 0 Å². The molecule has 86 valence electrons. The zero-order chi connectivity index (χ0) is 11.6. The molecule has 1 heterocycles. The van der Waals surface area contributed by atoms with Crippen LogP contribution in [0.5, 0.6) is 0 Å². The highest BCUT2D eigenvalue weighted by atomic mass is 32.1. The van der Waals surface area contributed by atoms with E-state index in [2.05, 4.69) is 45.0 Å². The highest BCUT2D eigenvalue weighted by molar-refractivity contribution is 7.13. The van der Waals surface area contributed by atoms with Gasteiger partial charge < -0.3 is 0 Å². The maximum atomic E-state index is 4.70. The summed E-state index contributed by atoms with van der Waals surface area (Å²) in [7, 11) is 0. The molecule has 1 atom stereocenters. The molecule has 0 saturated carbocycles. The van der Waals surface area contributed by atoms with Crippen LogP contribution in [-0.2, 0) is 5.41 Å². The summed E-state index contributed by atoms with van der Waals surface area (Å²) in [5, 5.41) is 1.35. The Morgan fingerprint density at radius 2 is 2.00 bits per heavy atom. The van der Waals surface area contributed by atoms with Crippen molar-refractivity contribution in [1.82, 2.24) is 4.37 Å². The van der Waals surface area contributed by atoms with E-state index in [9.17, 15) is 0 Å². The molecule has 0 aliphatic rings. The summed E-state index contributed by atoms with van der Waals surface area (Å²) in [6, 6.07) is 8.58. The van der Waals surface area contributed by atoms with Crippen LogP contribution in [0, 0.1) is 0 Å². The van der Waals surface area contributed by atoms with Crippen molar-refractivity contribution in [3.63, 3.8) is 0 Å². The van der Waals surface area contributed by atoms with Gasteiger partial charge in [0.05, 0.1) is 10.4 Å². The second-order valence-electron chi connectivity index (χ2n) is 4.69. The second kappa shape index (κ2) is 4.54. The predicted octanol–water partition coefficient (Wildman–Crippen LogP) is 4.76. The van der Waals surface area contributed by atoms with Gasteiger partial charge in [-0.15, -0.1) is 0 Å². The highest BCUT2D eigenvalue weighted by Gasteiger charge is 2.28. The zero-order valence-electron chi connectivity index (χ0n) is 10.3. The first kappa shape index (κ1) is 11.6. The Bertz CT molecular complexity index is 474. The molecule has 0 bridgehead atoms. The molecule has 16 heavy (non-hydrogen) atoms. The Hall–Kier alpha value is -0.890. The average Bonchev–Trinajstić information content (AvgIpc) is 2.73. The fourth-order valence-electron chi connectivity index (χ4n) is 2.34. The first-order valence-electron chi connectivity index (χ1n) is 6.06. The monoisotopic (exact) mass is 233 g/mol. The van der Waals surface area contributed by atoms with E-state index in [0.717, 1.165) is 6.42 Å². The van der Waals surface area contributed by atoms with E-state index in [1.165, 1.54) is 28.6 Å². The van der Waals surface area contributed by atoms with Gasteiger partial charge in [-0.1, -0.05) is 45.4 Å². The van der Waals surface area contributed by atoms with Crippen LogP contribution in [0.15, 0.2) is 24.3 Å². The van der Waals surface area contributed by atoms with Gasteiger partial charge >= 0.3 is 0 Å². The quantitative estimate of drug-likeness (QED) is 0.741. The minimum atomic E-state index is 0.244. The largest absolute Gasteiger partial charge is 0.196 e. The van der Waals surface area contributed by atoms with Gasteiger partial charge in [-0.25, -0.2) is 0 Å². The molecule has 0 N–H and O–H groups in total. The summed E-state index contributed by atoms with van der Waals surface area (Å²) in [5.41, 5.74) is 1.55. The van der Waals surface area contributed by atoms with Gasteiger partial charge in [-0.2, -0.15) is 4.37 Å². The van der Waals surface area contributed by atoms with E-state index in [1.54, 1.807) is 11.5 Å². The van der Waals surface area contributed by atoms with Crippen LogP contribution in [0.4, 0.5) is 0 Å². The number of hydrogen-bond donors (Lipinski definition) is 0. The molecule has 0 aliphatic heterocycles. The molecule has 1 aromatic carbocycles. The van der Waals surface area contributed by atoms with Crippen LogP contribution in [0.25, 0.3) is 10.1 Å². The molecule has 1 unspecified atom stereocenters. The number of hydrogen-bond acceptors (Lipinski definition) is 2. The number of fused-ring (bicyclic) bond motifs is 1.